The minimum absolute atomic E-state index is 0.121. The topological polar surface area (TPSA) is 121 Å². The van der Waals surface area contributed by atoms with E-state index >= 15 is 0 Å². The Morgan fingerprint density at radius 1 is 1.07 bits per heavy atom. The number of hydrogen-bond donors (Lipinski definition) is 6. The smallest absolute Gasteiger partial charge is 0.105 e. The Hall–Kier alpha value is -0.500. The molecule has 0 aromatic rings. The molecule has 6 nitrogen and oxygen atoms in total. The highest BCUT2D eigenvalue weighted by molar-refractivity contribution is 5.36. The third-order valence-electron chi connectivity index (χ3n) is 9.35. The minimum Gasteiger partial charge on any atom is -0.393 e. The molecule has 0 radical (unpaired) electrons. The molecule has 0 unspecified atom stereocenters. The highest BCUT2D eigenvalue weighted by atomic mass is 16.4. The van der Waals surface area contributed by atoms with E-state index in [4.69, 9.17) is 0 Å². The summed E-state index contributed by atoms with van der Waals surface area (Å²) >= 11 is 0. The zero-order valence-corrected chi connectivity index (χ0v) is 16.5. The monoisotopic (exact) mass is 382 g/mol. The third-order valence-corrected chi connectivity index (χ3v) is 9.35. The van der Waals surface area contributed by atoms with Gasteiger partial charge in [0.25, 0.3) is 0 Å². The molecule has 27 heavy (non-hydrogen) atoms. The Bertz CT molecular complexity index is 678. The summed E-state index contributed by atoms with van der Waals surface area (Å²) in [7, 11) is 0. The Labute approximate surface area is 160 Å². The Morgan fingerprint density at radius 3 is 2.37 bits per heavy atom. The van der Waals surface area contributed by atoms with E-state index in [-0.39, 0.29) is 37.7 Å². The lowest BCUT2D eigenvalue weighted by molar-refractivity contribution is -0.325. The molecule has 0 aromatic carbocycles. The molecule has 3 fully saturated rings. The first-order chi connectivity index (χ1) is 12.4. The van der Waals surface area contributed by atoms with Gasteiger partial charge in [-0.25, -0.2) is 0 Å². The molecule has 0 amide bonds. The fourth-order valence-electron chi connectivity index (χ4n) is 7.37. The quantitative estimate of drug-likeness (QED) is 0.370. The van der Waals surface area contributed by atoms with Gasteiger partial charge in [0.2, 0.25) is 0 Å². The molecule has 4 aliphatic carbocycles. The van der Waals surface area contributed by atoms with E-state index in [9.17, 15) is 30.6 Å². The molecule has 3 saturated carbocycles. The first-order valence-electron chi connectivity index (χ1n) is 10.3. The summed E-state index contributed by atoms with van der Waals surface area (Å²) in [6, 6.07) is 0. The molecular weight excluding hydrogens is 348 g/mol. The summed E-state index contributed by atoms with van der Waals surface area (Å²) in [5.41, 5.74) is -5.63. The van der Waals surface area contributed by atoms with E-state index in [1.165, 1.54) is 6.92 Å². The van der Waals surface area contributed by atoms with Crippen molar-refractivity contribution in [2.75, 3.05) is 0 Å². The first kappa shape index (κ1) is 19.8. The molecule has 154 valence electrons. The Morgan fingerprint density at radius 2 is 1.74 bits per heavy atom. The number of fused-ring (bicyclic) bond motifs is 5. The van der Waals surface area contributed by atoms with Crippen molar-refractivity contribution in [3.63, 3.8) is 0 Å². The number of hydrogen-bond acceptors (Lipinski definition) is 6. The van der Waals surface area contributed by atoms with E-state index in [0.29, 0.717) is 19.3 Å². The SMILES string of the molecule is C[C@H](O)[C@@]1(O)CC[C@@]2(O)[C@]1(C)[C@H](O)C[C@@H]1[C@@]3(C)CC[C@H](O)CC3=CC[C@]12O. The van der Waals surface area contributed by atoms with E-state index < -0.39 is 39.8 Å². The highest BCUT2D eigenvalue weighted by Gasteiger charge is 2.80. The predicted molar refractivity (Wildman–Crippen MR) is 98.6 cm³/mol. The van der Waals surface area contributed by atoms with Gasteiger partial charge in [0.05, 0.1) is 23.7 Å². The van der Waals surface area contributed by atoms with Crippen molar-refractivity contribution < 1.29 is 30.6 Å². The van der Waals surface area contributed by atoms with Crippen LogP contribution in [0.15, 0.2) is 11.6 Å². The molecule has 0 bridgehead atoms. The van der Waals surface area contributed by atoms with Crippen LogP contribution in [0.1, 0.15) is 65.7 Å². The van der Waals surface area contributed by atoms with Crippen molar-refractivity contribution in [3.8, 4) is 0 Å². The first-order valence-corrected chi connectivity index (χ1v) is 10.3. The second kappa shape index (κ2) is 5.55. The van der Waals surface area contributed by atoms with Crippen LogP contribution in [0.4, 0.5) is 0 Å². The van der Waals surface area contributed by atoms with E-state index in [1.54, 1.807) is 6.92 Å². The molecule has 4 rings (SSSR count). The van der Waals surface area contributed by atoms with Gasteiger partial charge in [0.1, 0.15) is 16.8 Å². The lowest BCUT2D eigenvalue weighted by Gasteiger charge is -2.67. The van der Waals surface area contributed by atoms with Gasteiger partial charge in [-0.2, -0.15) is 0 Å². The second-order valence-electron chi connectivity index (χ2n) is 10.1. The summed E-state index contributed by atoms with van der Waals surface area (Å²) in [6.07, 6.45) is 1.96. The summed E-state index contributed by atoms with van der Waals surface area (Å²) in [5.74, 6) is -0.373. The standard InChI is InChI=1S/C21H34O6/c1-12(22)19(25)8-9-21(27)18(19,3)16(24)11-15-17(2)6-5-14(23)10-13(17)4-7-20(15,21)26/h4,12,14-16,22-27H,5-11H2,1-3H3/t12-,14-,15+,16+,17-,18+,19-,20-,21+/m0/s1. The van der Waals surface area contributed by atoms with Crippen LogP contribution in [0.3, 0.4) is 0 Å². The van der Waals surface area contributed by atoms with E-state index in [0.717, 1.165) is 5.57 Å². The van der Waals surface area contributed by atoms with Crippen LogP contribution in [0.5, 0.6) is 0 Å². The van der Waals surface area contributed by atoms with E-state index in [2.05, 4.69) is 6.92 Å². The van der Waals surface area contributed by atoms with Gasteiger partial charge >= 0.3 is 0 Å². The fraction of sp³-hybridized carbons (Fsp3) is 0.905. The predicted octanol–water partition coefficient (Wildman–Crippen LogP) is 0.623. The Kier molecular flexibility index (Phi) is 4.07. The molecule has 0 aromatic heterocycles. The molecule has 0 saturated heterocycles. The molecular formula is C21H34O6. The average Bonchev–Trinajstić information content (AvgIpc) is 2.83. The second-order valence-corrected chi connectivity index (χ2v) is 10.1. The van der Waals surface area contributed by atoms with Crippen molar-refractivity contribution in [1.82, 2.24) is 0 Å². The number of aliphatic hydroxyl groups is 6. The van der Waals surface area contributed by atoms with Gasteiger partial charge in [-0.15, -0.1) is 0 Å². The summed E-state index contributed by atoms with van der Waals surface area (Å²) in [6.45, 7) is 5.15. The van der Waals surface area contributed by atoms with Gasteiger partial charge in [0, 0.05) is 5.92 Å². The molecule has 0 heterocycles. The Balaban J connectivity index is 1.86. The number of rotatable bonds is 1. The van der Waals surface area contributed by atoms with Crippen molar-refractivity contribution in [2.45, 2.75) is 101 Å². The average molecular weight is 382 g/mol. The van der Waals surface area contributed by atoms with Gasteiger partial charge in [0.15, 0.2) is 0 Å². The summed E-state index contributed by atoms with van der Waals surface area (Å²) < 4.78 is 0. The van der Waals surface area contributed by atoms with Crippen LogP contribution in [0.2, 0.25) is 0 Å². The lowest BCUT2D eigenvalue weighted by Crippen LogP contribution is -2.78. The van der Waals surface area contributed by atoms with Crippen molar-refractivity contribution in [3.05, 3.63) is 11.6 Å². The van der Waals surface area contributed by atoms with Crippen LogP contribution in [0.25, 0.3) is 0 Å². The highest BCUT2D eigenvalue weighted by Crippen LogP contribution is 2.70. The van der Waals surface area contributed by atoms with Crippen LogP contribution < -0.4 is 0 Å². The molecule has 9 atom stereocenters. The lowest BCUT2D eigenvalue weighted by atomic mass is 9.42. The maximum absolute atomic E-state index is 11.9. The normalized spacial score (nSPS) is 58.7. The molecule has 4 aliphatic rings. The van der Waals surface area contributed by atoms with Gasteiger partial charge in [-0.1, -0.05) is 25.5 Å². The minimum atomic E-state index is -1.71. The molecule has 0 spiro atoms. The van der Waals surface area contributed by atoms with Crippen molar-refractivity contribution >= 4 is 0 Å². The zero-order chi connectivity index (χ0) is 20.0. The zero-order valence-electron chi connectivity index (χ0n) is 16.5. The number of aliphatic hydroxyl groups excluding tert-OH is 3. The molecule has 6 heteroatoms. The van der Waals surface area contributed by atoms with Gasteiger partial charge in [-0.05, 0) is 57.3 Å². The largest absolute Gasteiger partial charge is 0.393 e. The van der Waals surface area contributed by atoms with Crippen molar-refractivity contribution in [1.29, 1.82) is 0 Å². The maximum Gasteiger partial charge on any atom is 0.105 e. The van der Waals surface area contributed by atoms with Crippen LogP contribution in [0, 0.1) is 16.7 Å². The third kappa shape index (κ3) is 2.02. The summed E-state index contributed by atoms with van der Waals surface area (Å²) in [5, 5.41) is 66.6. The van der Waals surface area contributed by atoms with Crippen LogP contribution in [-0.4, -0.2) is 65.8 Å². The van der Waals surface area contributed by atoms with E-state index in [1.807, 2.05) is 6.08 Å². The molecule has 6 N–H and O–H groups in total. The fourth-order valence-corrected chi connectivity index (χ4v) is 7.37. The van der Waals surface area contributed by atoms with Crippen LogP contribution >= 0.6 is 0 Å². The van der Waals surface area contributed by atoms with Gasteiger partial charge in [-0.3, -0.25) is 0 Å². The van der Waals surface area contributed by atoms with Gasteiger partial charge < -0.3 is 30.6 Å². The van der Waals surface area contributed by atoms with Crippen molar-refractivity contribution in [2.24, 2.45) is 16.7 Å². The molecule has 0 aliphatic heterocycles. The summed E-state index contributed by atoms with van der Waals surface area (Å²) in [4.78, 5) is 0. The maximum atomic E-state index is 11.9. The van der Waals surface area contributed by atoms with Crippen LogP contribution in [-0.2, 0) is 0 Å².